The van der Waals surface area contributed by atoms with Crippen molar-refractivity contribution in [2.45, 2.75) is 19.8 Å². The fourth-order valence-corrected chi connectivity index (χ4v) is 4.40. The molecule has 0 bridgehead atoms. The number of rotatable bonds is 2. The average Bonchev–Trinajstić information content (AvgIpc) is 3.02. The van der Waals surface area contributed by atoms with Crippen molar-refractivity contribution in [3.05, 3.63) is 94.5 Å². The fourth-order valence-electron chi connectivity index (χ4n) is 4.04. The van der Waals surface area contributed by atoms with Crippen LogP contribution in [0.4, 0.5) is 0 Å². The van der Waals surface area contributed by atoms with Gasteiger partial charge in [-0.3, -0.25) is 0 Å². The molecule has 1 aliphatic rings. The van der Waals surface area contributed by atoms with E-state index in [1.54, 1.807) is 0 Å². The minimum Gasteiger partial charge on any atom is -0.309 e. The largest absolute Gasteiger partial charge is 0.309 e. The van der Waals surface area contributed by atoms with E-state index in [0.29, 0.717) is 0 Å². The lowest BCUT2D eigenvalue weighted by molar-refractivity contribution is 1.04. The molecule has 1 aromatic heterocycles. The van der Waals surface area contributed by atoms with E-state index in [9.17, 15) is 0 Å². The summed E-state index contributed by atoms with van der Waals surface area (Å²) >= 11 is 3.64. The second kappa shape index (κ2) is 6.54. The van der Waals surface area contributed by atoms with Gasteiger partial charge in [0.1, 0.15) is 0 Å². The zero-order valence-electron chi connectivity index (χ0n) is 15.2. The molecular weight excluding hydrogens is 394 g/mol. The van der Waals surface area contributed by atoms with Gasteiger partial charge in [-0.15, -0.1) is 0 Å². The second-order valence-corrected chi connectivity index (χ2v) is 8.12. The van der Waals surface area contributed by atoms with Gasteiger partial charge in [0.15, 0.2) is 0 Å². The van der Waals surface area contributed by atoms with E-state index in [2.05, 4.69) is 106 Å². The number of hydrogen-bond donors (Lipinski definition) is 0. The summed E-state index contributed by atoms with van der Waals surface area (Å²) in [5, 5.41) is 2.58. The third-order valence-electron chi connectivity index (χ3n) is 5.32. The lowest BCUT2D eigenvalue weighted by Gasteiger charge is -2.12. The molecule has 2 heteroatoms. The average molecular weight is 414 g/mol. The summed E-state index contributed by atoms with van der Waals surface area (Å²) in [6.07, 6.45) is 9.12. The third-order valence-corrected chi connectivity index (χ3v) is 5.81. The molecule has 0 saturated carbocycles. The van der Waals surface area contributed by atoms with Gasteiger partial charge >= 0.3 is 0 Å². The molecule has 0 atom stereocenters. The van der Waals surface area contributed by atoms with Crippen molar-refractivity contribution in [1.82, 2.24) is 4.57 Å². The molecule has 1 heterocycles. The van der Waals surface area contributed by atoms with E-state index in [4.69, 9.17) is 0 Å². The van der Waals surface area contributed by atoms with Crippen LogP contribution >= 0.6 is 15.9 Å². The number of hydrogen-bond acceptors (Lipinski definition) is 0. The van der Waals surface area contributed by atoms with E-state index in [1.165, 1.54) is 44.2 Å². The van der Waals surface area contributed by atoms with Crippen molar-refractivity contribution in [2.24, 2.45) is 0 Å². The van der Waals surface area contributed by atoms with Crippen LogP contribution in [0.25, 0.3) is 33.1 Å². The van der Waals surface area contributed by atoms with Gasteiger partial charge in [0, 0.05) is 20.9 Å². The molecule has 0 amide bonds. The van der Waals surface area contributed by atoms with Gasteiger partial charge in [-0.2, -0.15) is 0 Å². The van der Waals surface area contributed by atoms with E-state index in [0.717, 1.165) is 17.3 Å². The predicted octanol–water partition coefficient (Wildman–Crippen LogP) is 7.59. The first-order valence-corrected chi connectivity index (χ1v) is 10.2. The third kappa shape index (κ3) is 2.85. The Labute approximate surface area is 167 Å². The maximum atomic E-state index is 3.64. The van der Waals surface area contributed by atoms with E-state index < -0.39 is 0 Å². The van der Waals surface area contributed by atoms with Crippen molar-refractivity contribution in [1.29, 1.82) is 0 Å². The Bertz CT molecular complexity index is 1180. The van der Waals surface area contributed by atoms with E-state index >= 15 is 0 Å². The molecule has 27 heavy (non-hydrogen) atoms. The zero-order chi connectivity index (χ0) is 18.4. The molecule has 0 aliphatic heterocycles. The van der Waals surface area contributed by atoms with Crippen molar-refractivity contribution >= 4 is 43.3 Å². The summed E-state index contributed by atoms with van der Waals surface area (Å²) < 4.78 is 3.49. The lowest BCUT2D eigenvalue weighted by Crippen LogP contribution is -1.95. The van der Waals surface area contributed by atoms with Crippen LogP contribution in [0, 0.1) is 6.92 Å². The molecule has 0 radical (unpaired) electrons. The summed E-state index contributed by atoms with van der Waals surface area (Å²) in [6.45, 7) is 2.16. The molecule has 0 N–H and O–H groups in total. The molecule has 0 spiro atoms. The number of allylic oxidation sites excluding steroid dienone is 4. The molecule has 5 rings (SSSR count). The van der Waals surface area contributed by atoms with E-state index in [-0.39, 0.29) is 0 Å². The highest BCUT2D eigenvalue weighted by atomic mass is 79.9. The number of nitrogens with zero attached hydrogens (tertiary/aromatic N) is 1. The number of aromatic nitrogens is 1. The number of halogens is 1. The SMILES string of the molecule is Cc1ccc2c(c1)c1cc(Br)ccc1n2-c1cccc(C2=CCCC=C2)c1. The topological polar surface area (TPSA) is 4.93 Å². The maximum Gasteiger partial charge on any atom is 0.0541 e. The first-order chi connectivity index (χ1) is 13.2. The van der Waals surface area contributed by atoms with Gasteiger partial charge in [-0.25, -0.2) is 0 Å². The van der Waals surface area contributed by atoms with Gasteiger partial charge in [-0.1, -0.05) is 57.9 Å². The standard InChI is InChI=1S/C25H20BrN/c1-17-10-12-24-22(14-17)23-16-20(26)11-13-25(23)27(24)21-9-5-8-19(15-21)18-6-3-2-4-7-18/h3,5-16H,2,4H2,1H3. The normalized spacial score (nSPS) is 14.1. The Morgan fingerprint density at radius 2 is 1.67 bits per heavy atom. The first-order valence-electron chi connectivity index (χ1n) is 9.38. The fraction of sp³-hybridized carbons (Fsp3) is 0.120. The first kappa shape index (κ1) is 16.6. The highest BCUT2D eigenvalue weighted by Crippen LogP contribution is 2.35. The highest BCUT2D eigenvalue weighted by Gasteiger charge is 2.13. The number of fused-ring (bicyclic) bond motifs is 3. The summed E-state index contributed by atoms with van der Waals surface area (Å²) in [5.41, 5.74) is 7.58. The molecule has 1 aliphatic carbocycles. The molecule has 0 fully saturated rings. The van der Waals surface area contributed by atoms with Gasteiger partial charge in [0.05, 0.1) is 11.0 Å². The Kier molecular flexibility index (Phi) is 4.02. The number of benzene rings is 3. The minimum absolute atomic E-state index is 1.11. The Balaban J connectivity index is 1.80. The van der Waals surface area contributed by atoms with Crippen LogP contribution in [-0.2, 0) is 0 Å². The van der Waals surface area contributed by atoms with Crippen LogP contribution in [0.3, 0.4) is 0 Å². The van der Waals surface area contributed by atoms with E-state index in [1.807, 2.05) is 0 Å². The Hall–Kier alpha value is -2.58. The van der Waals surface area contributed by atoms with Gasteiger partial charge in [-0.05, 0) is 73.4 Å². The van der Waals surface area contributed by atoms with Crippen LogP contribution < -0.4 is 0 Å². The van der Waals surface area contributed by atoms with Crippen molar-refractivity contribution in [2.75, 3.05) is 0 Å². The molecule has 1 nitrogen and oxygen atoms in total. The van der Waals surface area contributed by atoms with Crippen LogP contribution in [0.2, 0.25) is 0 Å². The summed E-state index contributed by atoms with van der Waals surface area (Å²) in [5.74, 6) is 0. The van der Waals surface area contributed by atoms with Crippen LogP contribution in [-0.4, -0.2) is 4.57 Å². The highest BCUT2D eigenvalue weighted by molar-refractivity contribution is 9.10. The zero-order valence-corrected chi connectivity index (χ0v) is 16.8. The summed E-state index contributed by atoms with van der Waals surface area (Å²) in [4.78, 5) is 0. The van der Waals surface area contributed by atoms with Gasteiger partial charge in [0.25, 0.3) is 0 Å². The minimum atomic E-state index is 1.11. The van der Waals surface area contributed by atoms with Crippen LogP contribution in [0.1, 0.15) is 24.0 Å². The smallest absolute Gasteiger partial charge is 0.0541 e. The molecule has 132 valence electrons. The summed E-state index contributed by atoms with van der Waals surface area (Å²) in [6, 6.07) is 22.2. The molecule has 4 aromatic rings. The van der Waals surface area contributed by atoms with Crippen LogP contribution in [0.5, 0.6) is 0 Å². The molecular formula is C25H20BrN. The maximum absolute atomic E-state index is 3.64. The van der Waals surface area contributed by atoms with Gasteiger partial charge in [0.2, 0.25) is 0 Å². The van der Waals surface area contributed by atoms with Crippen molar-refractivity contribution < 1.29 is 0 Å². The predicted molar refractivity (Wildman–Crippen MR) is 120 cm³/mol. The van der Waals surface area contributed by atoms with Crippen molar-refractivity contribution in [3.8, 4) is 5.69 Å². The van der Waals surface area contributed by atoms with Crippen LogP contribution in [0.15, 0.2) is 83.4 Å². The van der Waals surface area contributed by atoms with Crippen molar-refractivity contribution in [3.63, 3.8) is 0 Å². The Morgan fingerprint density at radius 3 is 2.48 bits per heavy atom. The summed E-state index contributed by atoms with van der Waals surface area (Å²) in [7, 11) is 0. The molecule has 0 saturated heterocycles. The Morgan fingerprint density at radius 1 is 0.852 bits per heavy atom. The lowest BCUT2D eigenvalue weighted by atomic mass is 9.99. The monoisotopic (exact) mass is 413 g/mol. The quantitative estimate of drug-likeness (QED) is 0.318. The second-order valence-electron chi connectivity index (χ2n) is 7.21. The molecule has 3 aromatic carbocycles. The number of aryl methyl sites for hydroxylation is 1. The molecule has 0 unspecified atom stereocenters. The van der Waals surface area contributed by atoms with Gasteiger partial charge < -0.3 is 4.57 Å².